The third-order valence-electron chi connectivity index (χ3n) is 5.57. The van der Waals surface area contributed by atoms with Gasteiger partial charge < -0.3 is 9.47 Å². The van der Waals surface area contributed by atoms with Crippen molar-refractivity contribution in [2.45, 2.75) is 20.0 Å². The zero-order valence-corrected chi connectivity index (χ0v) is 19.2. The highest BCUT2D eigenvalue weighted by molar-refractivity contribution is 6.41. The van der Waals surface area contributed by atoms with Gasteiger partial charge >= 0.3 is 0 Å². The topological polar surface area (TPSA) is 95.7 Å². The summed E-state index contributed by atoms with van der Waals surface area (Å²) in [5.41, 5.74) is 3.09. The summed E-state index contributed by atoms with van der Waals surface area (Å²) in [4.78, 5) is 36.1. The van der Waals surface area contributed by atoms with E-state index in [1.807, 2.05) is 13.0 Å². The fourth-order valence-corrected chi connectivity index (χ4v) is 3.94. The first-order valence-corrected chi connectivity index (χ1v) is 11.1. The summed E-state index contributed by atoms with van der Waals surface area (Å²) < 4.78 is 11.9. The lowest BCUT2D eigenvalue weighted by molar-refractivity contribution is -0.384. The maximum atomic E-state index is 12.8. The first-order valence-electron chi connectivity index (χ1n) is 11.1. The summed E-state index contributed by atoms with van der Waals surface area (Å²) in [6.07, 6.45) is 3.77. The molecule has 0 aliphatic heterocycles. The van der Waals surface area contributed by atoms with Crippen molar-refractivity contribution in [1.82, 2.24) is 0 Å². The Bertz CT molecular complexity index is 1320. The van der Waals surface area contributed by atoms with Crippen LogP contribution in [0.5, 0.6) is 11.5 Å². The monoisotopic (exact) mass is 469 g/mol. The highest BCUT2D eigenvalue weighted by Crippen LogP contribution is 2.36. The standard InChI is InChI=1S/C28H23NO6/c1-3-7-20-14-19(15-24-26(30)22-8-5-6-9-23(22)27(24)31)16-25(34-4-2)28(20)35-17-18-10-12-21(13-11-18)29(32)33/h3,5-6,8-16H,1,4,7,17H2,2H3. The van der Waals surface area contributed by atoms with E-state index in [0.717, 1.165) is 11.1 Å². The van der Waals surface area contributed by atoms with Crippen LogP contribution in [-0.4, -0.2) is 23.1 Å². The largest absolute Gasteiger partial charge is 0.490 e. The SMILES string of the molecule is C=CCc1cc(C=C2C(=O)c3ccccc3C2=O)cc(OCC)c1OCc1ccc([N+](=O)[O-])cc1. The smallest absolute Gasteiger partial charge is 0.269 e. The molecule has 176 valence electrons. The summed E-state index contributed by atoms with van der Waals surface area (Å²) in [6.45, 7) is 6.22. The lowest BCUT2D eigenvalue weighted by atomic mass is 10.0. The quantitative estimate of drug-likeness (QED) is 0.130. The van der Waals surface area contributed by atoms with E-state index in [1.165, 1.54) is 12.1 Å². The van der Waals surface area contributed by atoms with Crippen LogP contribution in [0, 0.1) is 10.1 Å². The van der Waals surface area contributed by atoms with Crippen molar-refractivity contribution in [3.63, 3.8) is 0 Å². The minimum atomic E-state index is -0.453. The average molecular weight is 469 g/mol. The number of rotatable bonds is 9. The zero-order valence-electron chi connectivity index (χ0n) is 19.2. The fourth-order valence-electron chi connectivity index (χ4n) is 3.94. The average Bonchev–Trinajstić information content (AvgIpc) is 3.09. The highest BCUT2D eigenvalue weighted by atomic mass is 16.6. The molecular weight excluding hydrogens is 446 g/mol. The molecule has 0 amide bonds. The van der Waals surface area contributed by atoms with Gasteiger partial charge in [-0.05, 0) is 54.8 Å². The number of nitro groups is 1. The molecule has 1 aliphatic carbocycles. The zero-order chi connectivity index (χ0) is 24.9. The van der Waals surface area contributed by atoms with Gasteiger partial charge in [0.1, 0.15) is 6.61 Å². The van der Waals surface area contributed by atoms with Crippen LogP contribution in [0.15, 0.2) is 78.9 Å². The van der Waals surface area contributed by atoms with Crippen molar-refractivity contribution in [3.8, 4) is 11.5 Å². The minimum absolute atomic E-state index is 0.00616. The number of carbonyl (C=O) groups is 2. The number of hydrogen-bond acceptors (Lipinski definition) is 6. The maximum Gasteiger partial charge on any atom is 0.269 e. The highest BCUT2D eigenvalue weighted by Gasteiger charge is 2.32. The van der Waals surface area contributed by atoms with Crippen LogP contribution in [0.3, 0.4) is 0 Å². The van der Waals surface area contributed by atoms with E-state index >= 15 is 0 Å². The predicted molar refractivity (Wildman–Crippen MR) is 132 cm³/mol. The third kappa shape index (κ3) is 4.89. The molecule has 1 aliphatic rings. The first-order chi connectivity index (χ1) is 16.9. The number of carbonyl (C=O) groups excluding carboxylic acids is 2. The van der Waals surface area contributed by atoms with Gasteiger partial charge in [0.2, 0.25) is 0 Å². The van der Waals surface area contributed by atoms with E-state index in [9.17, 15) is 19.7 Å². The van der Waals surface area contributed by atoms with Crippen molar-refractivity contribution >= 4 is 23.3 Å². The Balaban J connectivity index is 1.68. The van der Waals surface area contributed by atoms with Crippen LogP contribution in [0.1, 0.15) is 44.3 Å². The van der Waals surface area contributed by atoms with Gasteiger partial charge in [0.05, 0.1) is 17.1 Å². The molecule has 3 aromatic carbocycles. The summed E-state index contributed by atoms with van der Waals surface area (Å²) in [5.74, 6) is 0.385. The Kier molecular flexibility index (Phi) is 6.87. The van der Waals surface area contributed by atoms with E-state index < -0.39 is 4.92 Å². The number of fused-ring (bicyclic) bond motifs is 1. The van der Waals surface area contributed by atoms with Crippen molar-refractivity contribution in [2.75, 3.05) is 6.61 Å². The number of nitrogens with zero attached hydrogens (tertiary/aromatic N) is 1. The molecule has 35 heavy (non-hydrogen) atoms. The molecule has 0 aromatic heterocycles. The summed E-state index contributed by atoms with van der Waals surface area (Å²) >= 11 is 0. The van der Waals surface area contributed by atoms with Gasteiger partial charge in [-0.2, -0.15) is 0 Å². The van der Waals surface area contributed by atoms with Crippen molar-refractivity contribution in [3.05, 3.63) is 117 Å². The number of Topliss-reactive ketones (excluding diaryl/α,β-unsaturated/α-hetero) is 2. The van der Waals surface area contributed by atoms with Gasteiger partial charge in [0.15, 0.2) is 23.1 Å². The second-order valence-corrected chi connectivity index (χ2v) is 7.91. The predicted octanol–water partition coefficient (Wildman–Crippen LogP) is 5.76. The molecule has 0 saturated carbocycles. The molecule has 0 bridgehead atoms. The number of non-ortho nitro benzene ring substituents is 1. The summed E-state index contributed by atoms with van der Waals surface area (Å²) in [6, 6.07) is 16.5. The summed E-state index contributed by atoms with van der Waals surface area (Å²) in [7, 11) is 0. The number of benzene rings is 3. The molecule has 7 nitrogen and oxygen atoms in total. The number of allylic oxidation sites excluding steroid dienone is 2. The van der Waals surface area contributed by atoms with Crippen LogP contribution in [0.25, 0.3) is 6.08 Å². The van der Waals surface area contributed by atoms with Crippen LogP contribution >= 0.6 is 0 Å². The molecule has 0 fully saturated rings. The summed E-state index contributed by atoms with van der Waals surface area (Å²) in [5, 5.41) is 10.9. The van der Waals surface area contributed by atoms with E-state index in [1.54, 1.807) is 54.6 Å². The van der Waals surface area contributed by atoms with E-state index in [4.69, 9.17) is 9.47 Å². The molecule has 0 heterocycles. The molecule has 4 rings (SSSR count). The van der Waals surface area contributed by atoms with Crippen LogP contribution in [0.4, 0.5) is 5.69 Å². The molecule has 3 aromatic rings. The van der Waals surface area contributed by atoms with E-state index in [0.29, 0.717) is 41.2 Å². The molecule has 0 N–H and O–H groups in total. The van der Waals surface area contributed by atoms with Gasteiger partial charge in [-0.25, -0.2) is 0 Å². The van der Waals surface area contributed by atoms with Crippen molar-refractivity contribution in [1.29, 1.82) is 0 Å². The second kappa shape index (κ2) is 10.2. The molecule has 0 saturated heterocycles. The Morgan fingerprint density at radius 2 is 1.63 bits per heavy atom. The molecule has 0 spiro atoms. The number of ether oxygens (including phenoxy) is 2. The molecule has 0 radical (unpaired) electrons. The maximum absolute atomic E-state index is 12.8. The van der Waals surface area contributed by atoms with Crippen LogP contribution in [0.2, 0.25) is 0 Å². The molecule has 7 heteroatoms. The fraction of sp³-hybridized carbons (Fsp3) is 0.143. The lowest BCUT2D eigenvalue weighted by Crippen LogP contribution is -2.04. The Hall–Kier alpha value is -4.52. The Morgan fingerprint density at radius 3 is 2.20 bits per heavy atom. The lowest BCUT2D eigenvalue weighted by Gasteiger charge is -2.17. The Morgan fingerprint density at radius 1 is 0.971 bits per heavy atom. The van der Waals surface area contributed by atoms with Crippen LogP contribution < -0.4 is 9.47 Å². The van der Waals surface area contributed by atoms with Gasteiger partial charge in [0, 0.05) is 28.8 Å². The van der Waals surface area contributed by atoms with E-state index in [2.05, 4.69) is 6.58 Å². The van der Waals surface area contributed by atoms with Gasteiger partial charge in [-0.15, -0.1) is 6.58 Å². The second-order valence-electron chi connectivity index (χ2n) is 7.91. The first kappa shape index (κ1) is 23.6. The molecule has 0 atom stereocenters. The van der Waals surface area contributed by atoms with Gasteiger partial charge in [-0.3, -0.25) is 19.7 Å². The van der Waals surface area contributed by atoms with E-state index in [-0.39, 0.29) is 29.4 Å². The Labute approximate surface area is 202 Å². The van der Waals surface area contributed by atoms with Gasteiger partial charge in [-0.1, -0.05) is 30.3 Å². The molecular formula is C28H23NO6. The van der Waals surface area contributed by atoms with Crippen LogP contribution in [-0.2, 0) is 13.0 Å². The third-order valence-corrected chi connectivity index (χ3v) is 5.57. The number of ketones is 2. The minimum Gasteiger partial charge on any atom is -0.490 e. The molecule has 0 unspecified atom stereocenters. The van der Waals surface area contributed by atoms with Gasteiger partial charge in [0.25, 0.3) is 5.69 Å². The normalized spacial score (nSPS) is 12.3. The van der Waals surface area contributed by atoms with Crippen molar-refractivity contribution in [2.24, 2.45) is 0 Å². The number of hydrogen-bond donors (Lipinski definition) is 0. The van der Waals surface area contributed by atoms with Crippen molar-refractivity contribution < 1.29 is 24.0 Å². The number of nitro benzene ring substituents is 1.